The lowest BCUT2D eigenvalue weighted by molar-refractivity contribution is 0.593. The summed E-state index contributed by atoms with van der Waals surface area (Å²) < 4.78 is 0. The molecule has 2 nitrogen and oxygen atoms in total. The van der Waals surface area contributed by atoms with E-state index in [1.54, 1.807) is 0 Å². The van der Waals surface area contributed by atoms with Gasteiger partial charge in [-0.25, -0.2) is 0 Å². The van der Waals surface area contributed by atoms with Crippen LogP contribution in [0.15, 0.2) is 24.3 Å². The summed E-state index contributed by atoms with van der Waals surface area (Å²) in [5.74, 6) is 0. The molecular formula is C22H42Cl2N2. The van der Waals surface area contributed by atoms with Crippen molar-refractivity contribution in [3.05, 3.63) is 24.3 Å². The molecule has 0 saturated carbocycles. The molecule has 0 amide bonds. The average Bonchev–Trinajstić information content (AvgIpc) is 2.57. The first-order valence-electron chi connectivity index (χ1n) is 10.3. The van der Waals surface area contributed by atoms with Crippen LogP contribution in [0.1, 0.15) is 91.9 Å². The fourth-order valence-electron chi connectivity index (χ4n) is 3.13. The predicted molar refractivity (Wildman–Crippen MR) is 125 cm³/mol. The highest BCUT2D eigenvalue weighted by Crippen LogP contribution is 2.18. The third-order valence-electron chi connectivity index (χ3n) is 4.69. The molecule has 154 valence electrons. The molecule has 0 fully saturated rings. The molecule has 0 bridgehead atoms. The van der Waals surface area contributed by atoms with Crippen LogP contribution in [0.25, 0.3) is 0 Å². The molecule has 26 heavy (non-hydrogen) atoms. The zero-order chi connectivity index (χ0) is 17.6. The molecule has 0 aliphatic heterocycles. The van der Waals surface area contributed by atoms with E-state index in [1.807, 2.05) is 0 Å². The summed E-state index contributed by atoms with van der Waals surface area (Å²) in [4.78, 5) is 0. The SMILES string of the molecule is CCCCCCC(C)Nc1ccc(NC(C)CCCCCC)cc1.Cl.Cl. The van der Waals surface area contributed by atoms with Gasteiger partial charge in [-0.05, 0) is 51.0 Å². The smallest absolute Gasteiger partial charge is 0.0343 e. The highest BCUT2D eigenvalue weighted by molar-refractivity contribution is 5.85. The van der Waals surface area contributed by atoms with E-state index < -0.39 is 0 Å². The van der Waals surface area contributed by atoms with Crippen LogP contribution in [0.5, 0.6) is 0 Å². The summed E-state index contributed by atoms with van der Waals surface area (Å²) in [6.45, 7) is 9.11. The van der Waals surface area contributed by atoms with Gasteiger partial charge in [-0.1, -0.05) is 65.2 Å². The van der Waals surface area contributed by atoms with Gasteiger partial charge in [0.2, 0.25) is 0 Å². The molecule has 1 rings (SSSR count). The normalized spacial score (nSPS) is 12.5. The van der Waals surface area contributed by atoms with Crippen molar-refractivity contribution in [3.63, 3.8) is 0 Å². The Hall–Kier alpha value is -0.600. The Kier molecular flexibility index (Phi) is 18.9. The van der Waals surface area contributed by atoms with E-state index in [9.17, 15) is 0 Å². The van der Waals surface area contributed by atoms with Crippen molar-refractivity contribution in [3.8, 4) is 0 Å². The van der Waals surface area contributed by atoms with E-state index in [2.05, 4.69) is 62.6 Å². The first-order valence-corrected chi connectivity index (χ1v) is 10.3. The van der Waals surface area contributed by atoms with Gasteiger partial charge in [0.05, 0.1) is 0 Å². The summed E-state index contributed by atoms with van der Waals surface area (Å²) in [5, 5.41) is 7.24. The lowest BCUT2D eigenvalue weighted by Gasteiger charge is -2.17. The number of anilines is 2. The van der Waals surface area contributed by atoms with Crippen LogP contribution in [-0.2, 0) is 0 Å². The molecule has 2 atom stereocenters. The van der Waals surface area contributed by atoms with Crippen LogP contribution in [0.2, 0.25) is 0 Å². The molecule has 1 aromatic rings. The molecule has 0 spiro atoms. The third-order valence-corrected chi connectivity index (χ3v) is 4.69. The highest BCUT2D eigenvalue weighted by atomic mass is 35.5. The highest BCUT2D eigenvalue weighted by Gasteiger charge is 2.04. The first-order chi connectivity index (χ1) is 11.7. The topological polar surface area (TPSA) is 24.1 Å². The maximum absolute atomic E-state index is 3.62. The van der Waals surface area contributed by atoms with Gasteiger partial charge >= 0.3 is 0 Å². The Morgan fingerprint density at radius 1 is 0.615 bits per heavy atom. The predicted octanol–water partition coefficient (Wildman–Crippen LogP) is 8.07. The summed E-state index contributed by atoms with van der Waals surface area (Å²) in [6, 6.07) is 9.92. The van der Waals surface area contributed by atoms with E-state index in [0.717, 1.165) is 0 Å². The zero-order valence-corrected chi connectivity index (χ0v) is 19.0. The number of hydrogen-bond donors (Lipinski definition) is 2. The maximum atomic E-state index is 3.62. The number of benzene rings is 1. The monoisotopic (exact) mass is 404 g/mol. The average molecular weight is 405 g/mol. The fraction of sp³-hybridized carbons (Fsp3) is 0.727. The van der Waals surface area contributed by atoms with Crippen LogP contribution >= 0.6 is 24.8 Å². The lowest BCUT2D eigenvalue weighted by Crippen LogP contribution is -2.16. The van der Waals surface area contributed by atoms with Crippen molar-refractivity contribution in [1.82, 2.24) is 0 Å². The Bertz CT molecular complexity index is 370. The van der Waals surface area contributed by atoms with Gasteiger partial charge in [0.1, 0.15) is 0 Å². The largest absolute Gasteiger partial charge is 0.383 e. The number of rotatable bonds is 14. The molecule has 4 heteroatoms. The maximum Gasteiger partial charge on any atom is 0.0343 e. The van der Waals surface area contributed by atoms with Crippen LogP contribution in [0.4, 0.5) is 11.4 Å². The van der Waals surface area contributed by atoms with Crippen LogP contribution in [0.3, 0.4) is 0 Å². The Morgan fingerprint density at radius 2 is 0.962 bits per heavy atom. The Labute approximate surface area is 175 Å². The van der Waals surface area contributed by atoms with Crippen molar-refractivity contribution < 1.29 is 0 Å². The van der Waals surface area contributed by atoms with E-state index in [1.165, 1.54) is 75.6 Å². The molecule has 1 aromatic carbocycles. The molecule has 0 aliphatic rings. The number of halogens is 2. The van der Waals surface area contributed by atoms with Crippen LogP contribution in [-0.4, -0.2) is 12.1 Å². The number of hydrogen-bond acceptors (Lipinski definition) is 2. The summed E-state index contributed by atoms with van der Waals surface area (Å²) >= 11 is 0. The van der Waals surface area contributed by atoms with E-state index in [0.29, 0.717) is 12.1 Å². The molecule has 0 radical (unpaired) electrons. The van der Waals surface area contributed by atoms with Gasteiger partial charge in [-0.2, -0.15) is 0 Å². The van der Waals surface area contributed by atoms with E-state index in [-0.39, 0.29) is 24.8 Å². The minimum Gasteiger partial charge on any atom is -0.383 e. The number of unbranched alkanes of at least 4 members (excludes halogenated alkanes) is 6. The molecule has 0 aliphatic carbocycles. The molecule has 0 heterocycles. The van der Waals surface area contributed by atoms with Crippen molar-refractivity contribution in [1.29, 1.82) is 0 Å². The Balaban J connectivity index is 0. The van der Waals surface area contributed by atoms with E-state index in [4.69, 9.17) is 0 Å². The van der Waals surface area contributed by atoms with Crippen molar-refractivity contribution in [2.75, 3.05) is 10.6 Å². The second-order valence-corrected chi connectivity index (χ2v) is 7.37. The van der Waals surface area contributed by atoms with E-state index >= 15 is 0 Å². The number of nitrogens with one attached hydrogen (secondary N) is 2. The second kappa shape index (κ2) is 17.8. The lowest BCUT2D eigenvalue weighted by atomic mass is 10.1. The minimum absolute atomic E-state index is 0. The standard InChI is InChI=1S/C22H40N2.2ClH/c1-5-7-9-11-13-19(3)23-21-15-17-22(18-16-21)24-20(4)14-12-10-8-6-2;;/h15-20,23-24H,5-14H2,1-4H3;2*1H. The minimum atomic E-state index is 0. The first kappa shape index (κ1) is 27.6. The second-order valence-electron chi connectivity index (χ2n) is 7.37. The molecular weight excluding hydrogens is 363 g/mol. The van der Waals surface area contributed by atoms with Crippen LogP contribution in [0, 0.1) is 0 Å². The van der Waals surface area contributed by atoms with Crippen LogP contribution < -0.4 is 10.6 Å². The summed E-state index contributed by atoms with van der Waals surface area (Å²) in [7, 11) is 0. The fourth-order valence-corrected chi connectivity index (χ4v) is 3.13. The van der Waals surface area contributed by atoms with Gasteiger partial charge in [0, 0.05) is 23.5 Å². The van der Waals surface area contributed by atoms with Crippen molar-refractivity contribution in [2.45, 2.75) is 104 Å². The molecule has 2 N–H and O–H groups in total. The summed E-state index contributed by atoms with van der Waals surface area (Å²) in [6.07, 6.45) is 13.3. The zero-order valence-electron chi connectivity index (χ0n) is 17.4. The molecule has 2 unspecified atom stereocenters. The summed E-state index contributed by atoms with van der Waals surface area (Å²) in [5.41, 5.74) is 2.47. The molecule has 0 saturated heterocycles. The third kappa shape index (κ3) is 13.6. The molecule has 0 aromatic heterocycles. The van der Waals surface area contributed by atoms with Crippen molar-refractivity contribution >= 4 is 36.2 Å². The van der Waals surface area contributed by atoms with Gasteiger partial charge in [0.15, 0.2) is 0 Å². The van der Waals surface area contributed by atoms with Crippen molar-refractivity contribution in [2.24, 2.45) is 0 Å². The van der Waals surface area contributed by atoms with Gasteiger partial charge in [0.25, 0.3) is 0 Å². The van der Waals surface area contributed by atoms with Gasteiger partial charge in [-0.3, -0.25) is 0 Å². The van der Waals surface area contributed by atoms with Gasteiger partial charge < -0.3 is 10.6 Å². The Morgan fingerprint density at radius 3 is 1.27 bits per heavy atom. The quantitative estimate of drug-likeness (QED) is 0.306. The van der Waals surface area contributed by atoms with Gasteiger partial charge in [-0.15, -0.1) is 24.8 Å².